The lowest BCUT2D eigenvalue weighted by Crippen LogP contribution is -2.29. The number of halogens is 2. The summed E-state index contributed by atoms with van der Waals surface area (Å²) in [6, 6.07) is 4.99. The predicted octanol–water partition coefficient (Wildman–Crippen LogP) is 4.44. The van der Waals surface area contributed by atoms with Crippen molar-refractivity contribution in [1.82, 2.24) is 19.9 Å². The van der Waals surface area contributed by atoms with Crippen LogP contribution in [-0.4, -0.2) is 46.8 Å². The van der Waals surface area contributed by atoms with E-state index >= 15 is 0 Å². The molecular weight excluding hydrogens is 538 g/mol. The van der Waals surface area contributed by atoms with E-state index in [0.717, 1.165) is 54.8 Å². The second-order valence-corrected chi connectivity index (χ2v) is 12.9. The molecule has 0 atom stereocenters. The van der Waals surface area contributed by atoms with Gasteiger partial charge < -0.3 is 16.0 Å². The number of nitrogens with one attached hydrogen (secondary N) is 3. The number of carbonyl (C=O) groups is 1. The molecule has 0 bridgehead atoms. The summed E-state index contributed by atoms with van der Waals surface area (Å²) in [7, 11) is -3.86. The fourth-order valence-electron chi connectivity index (χ4n) is 5.40. The lowest BCUT2D eigenvalue weighted by molar-refractivity contribution is -0.118. The summed E-state index contributed by atoms with van der Waals surface area (Å²) in [6.45, 7) is 3.92. The van der Waals surface area contributed by atoms with Crippen molar-refractivity contribution in [3.05, 3.63) is 65.5 Å². The van der Waals surface area contributed by atoms with Gasteiger partial charge in [0.25, 0.3) is 0 Å². The van der Waals surface area contributed by atoms with Gasteiger partial charge in [0.15, 0.2) is 15.5 Å². The average Bonchev–Trinajstić information content (AvgIpc) is 3.53. The number of hydrogen-bond acceptors (Lipinski definition) is 7. The smallest absolute Gasteiger partial charge is 0.228 e. The number of rotatable bonds is 8. The number of hydrogen-bond donors (Lipinski definition) is 3. The maximum atomic E-state index is 14.1. The number of amides is 1. The Labute approximate surface area is 230 Å². The van der Waals surface area contributed by atoms with Crippen LogP contribution in [0.25, 0.3) is 11.7 Å². The summed E-state index contributed by atoms with van der Waals surface area (Å²) >= 11 is 0. The molecule has 3 aromatic rings. The number of nitrogens with zero attached hydrogens (tertiary/aromatic N) is 3. The first-order valence-electron chi connectivity index (χ1n) is 13.4. The average molecular weight is 569 g/mol. The van der Waals surface area contributed by atoms with Gasteiger partial charge in [-0.25, -0.2) is 22.2 Å². The van der Waals surface area contributed by atoms with Gasteiger partial charge in [-0.1, -0.05) is 6.58 Å². The predicted molar refractivity (Wildman–Crippen MR) is 147 cm³/mol. The van der Waals surface area contributed by atoms with Gasteiger partial charge in [0.1, 0.15) is 28.2 Å². The minimum absolute atomic E-state index is 0.0893. The van der Waals surface area contributed by atoms with E-state index in [2.05, 4.69) is 27.6 Å². The molecule has 0 spiro atoms. The summed E-state index contributed by atoms with van der Waals surface area (Å²) in [4.78, 5) is 16.2. The van der Waals surface area contributed by atoms with E-state index in [1.807, 2.05) is 12.1 Å². The number of carbonyl (C=O) groups excluding carboxylic acids is 1. The molecular formula is C28H30F2N6O3S. The van der Waals surface area contributed by atoms with Crippen molar-refractivity contribution in [3.8, 4) is 0 Å². The number of aromatic nitrogens is 3. The van der Waals surface area contributed by atoms with Gasteiger partial charge in [0.2, 0.25) is 5.91 Å². The number of benzene rings is 1. The Morgan fingerprint density at radius 2 is 1.80 bits per heavy atom. The van der Waals surface area contributed by atoms with Gasteiger partial charge in [-0.3, -0.25) is 4.79 Å². The molecule has 210 valence electrons. The molecule has 6 rings (SSSR count). The zero-order valence-electron chi connectivity index (χ0n) is 21.8. The van der Waals surface area contributed by atoms with E-state index in [-0.39, 0.29) is 30.0 Å². The van der Waals surface area contributed by atoms with Crippen LogP contribution in [0.15, 0.2) is 53.2 Å². The van der Waals surface area contributed by atoms with Gasteiger partial charge in [0, 0.05) is 35.5 Å². The summed E-state index contributed by atoms with van der Waals surface area (Å²) in [5.74, 6) is -0.731. The van der Waals surface area contributed by atoms with Crippen LogP contribution in [-0.2, 0) is 14.6 Å². The fraction of sp³-hybridized carbons (Fsp3) is 0.393. The summed E-state index contributed by atoms with van der Waals surface area (Å²) in [6.07, 6.45) is 8.82. The summed E-state index contributed by atoms with van der Waals surface area (Å²) in [5, 5.41) is 14.3. The third-order valence-electron chi connectivity index (χ3n) is 7.67. The highest BCUT2D eigenvalue weighted by Gasteiger charge is 2.29. The minimum atomic E-state index is -3.86. The number of fused-ring (bicyclic) bond motifs is 1. The Morgan fingerprint density at radius 1 is 1.07 bits per heavy atom. The van der Waals surface area contributed by atoms with E-state index in [4.69, 9.17) is 4.98 Å². The highest BCUT2D eigenvalue weighted by atomic mass is 32.2. The Balaban J connectivity index is 1.17. The molecule has 1 aliphatic heterocycles. The van der Waals surface area contributed by atoms with Gasteiger partial charge >= 0.3 is 0 Å². The highest BCUT2D eigenvalue weighted by Crippen LogP contribution is 2.32. The van der Waals surface area contributed by atoms with Crippen LogP contribution in [0.1, 0.15) is 50.5 Å². The SMILES string of the molecule is C=C1NC(=O)C/C1=C\c1cnn2c(NC3CC3)cc(NC3CCC(CS(=O)(=O)c4ccc(F)cc4F)CC3)nc12. The fourth-order valence-corrected chi connectivity index (χ4v) is 7.17. The highest BCUT2D eigenvalue weighted by molar-refractivity contribution is 7.91. The van der Waals surface area contributed by atoms with E-state index < -0.39 is 26.4 Å². The maximum Gasteiger partial charge on any atom is 0.228 e. The largest absolute Gasteiger partial charge is 0.367 e. The van der Waals surface area contributed by atoms with E-state index in [0.29, 0.717) is 42.1 Å². The van der Waals surface area contributed by atoms with Crippen LogP contribution in [0, 0.1) is 17.6 Å². The second kappa shape index (κ2) is 10.3. The standard InChI is InChI=1S/C28H30F2N6O3S/c1-16-18(11-27(37)32-16)10-19-14-31-36-26(34-22-7-8-22)13-25(35-28(19)36)33-21-5-2-17(3-6-21)15-40(38,39)24-9-4-20(29)12-23(24)30/h4,9-10,12-14,17,21-22,34H,1-3,5-8,11,15H2,(H,32,37)(H,33,35)/b18-10+. The molecule has 3 N–H and O–H groups in total. The molecule has 3 fully saturated rings. The molecule has 3 heterocycles. The summed E-state index contributed by atoms with van der Waals surface area (Å²) < 4.78 is 54.7. The monoisotopic (exact) mass is 568 g/mol. The van der Waals surface area contributed by atoms with Gasteiger partial charge in [-0.2, -0.15) is 9.61 Å². The number of allylic oxidation sites excluding steroid dienone is 1. The molecule has 3 aliphatic rings. The topological polar surface area (TPSA) is 117 Å². The quantitative estimate of drug-likeness (QED) is 0.344. The number of anilines is 2. The molecule has 0 unspecified atom stereocenters. The first-order valence-corrected chi connectivity index (χ1v) is 15.1. The van der Waals surface area contributed by atoms with Crippen LogP contribution in [0.5, 0.6) is 0 Å². The first kappa shape index (κ1) is 26.4. The molecule has 1 saturated heterocycles. The van der Waals surface area contributed by atoms with Crippen molar-refractivity contribution < 1.29 is 22.0 Å². The third-order valence-corrected chi connectivity index (χ3v) is 9.58. The van der Waals surface area contributed by atoms with Gasteiger partial charge in [-0.15, -0.1) is 0 Å². The van der Waals surface area contributed by atoms with Crippen molar-refractivity contribution in [1.29, 1.82) is 0 Å². The van der Waals surface area contributed by atoms with Crippen LogP contribution in [0.4, 0.5) is 20.4 Å². The van der Waals surface area contributed by atoms with Gasteiger partial charge in [-0.05, 0) is 68.2 Å². The summed E-state index contributed by atoms with van der Waals surface area (Å²) in [5.41, 5.74) is 2.80. The van der Waals surface area contributed by atoms with E-state index in [9.17, 15) is 22.0 Å². The second-order valence-electron chi connectivity index (χ2n) is 10.9. The minimum Gasteiger partial charge on any atom is -0.367 e. The molecule has 40 heavy (non-hydrogen) atoms. The first-order chi connectivity index (χ1) is 19.1. The molecule has 12 heteroatoms. The molecule has 0 radical (unpaired) electrons. The Morgan fingerprint density at radius 3 is 2.48 bits per heavy atom. The van der Waals surface area contributed by atoms with Crippen molar-refractivity contribution >= 4 is 39.1 Å². The van der Waals surface area contributed by atoms with Crippen LogP contribution < -0.4 is 16.0 Å². The van der Waals surface area contributed by atoms with Crippen molar-refractivity contribution in [2.45, 2.75) is 61.9 Å². The van der Waals surface area contributed by atoms with Crippen LogP contribution in [0.3, 0.4) is 0 Å². The molecule has 9 nitrogen and oxygen atoms in total. The molecule has 1 aromatic carbocycles. The zero-order chi connectivity index (χ0) is 28.0. The Kier molecular flexibility index (Phi) is 6.81. The third kappa shape index (κ3) is 5.58. The van der Waals surface area contributed by atoms with Crippen LogP contribution in [0.2, 0.25) is 0 Å². The molecule has 2 aliphatic carbocycles. The normalized spacial score (nSPS) is 22.6. The zero-order valence-corrected chi connectivity index (χ0v) is 22.6. The van der Waals surface area contributed by atoms with Crippen LogP contribution >= 0.6 is 0 Å². The molecule has 2 aromatic heterocycles. The van der Waals surface area contributed by atoms with Crippen molar-refractivity contribution in [2.24, 2.45) is 5.92 Å². The lowest BCUT2D eigenvalue weighted by atomic mass is 9.87. The lowest BCUT2D eigenvalue weighted by Gasteiger charge is -2.29. The Bertz CT molecular complexity index is 1640. The Hall–Kier alpha value is -3.80. The molecule has 2 saturated carbocycles. The van der Waals surface area contributed by atoms with E-state index in [1.54, 1.807) is 10.7 Å². The van der Waals surface area contributed by atoms with Crippen molar-refractivity contribution in [3.63, 3.8) is 0 Å². The maximum absolute atomic E-state index is 14.1. The van der Waals surface area contributed by atoms with Crippen molar-refractivity contribution in [2.75, 3.05) is 16.4 Å². The number of sulfone groups is 1. The molecule has 1 amide bonds. The van der Waals surface area contributed by atoms with Gasteiger partial charge in [0.05, 0.1) is 18.4 Å². The van der Waals surface area contributed by atoms with E-state index in [1.165, 1.54) is 0 Å².